The van der Waals surface area contributed by atoms with Crippen LogP contribution in [0.4, 0.5) is 0 Å². The van der Waals surface area contributed by atoms with E-state index >= 15 is 0 Å². The highest BCUT2D eigenvalue weighted by Gasteiger charge is 2.13. The summed E-state index contributed by atoms with van der Waals surface area (Å²) in [5.41, 5.74) is 5.63. The second kappa shape index (κ2) is 8.98. The fraction of sp³-hybridized carbons (Fsp3) is 0.909. The first-order chi connectivity index (χ1) is 6.43. The number of amides is 1. The number of carbonyl (C=O) groups excluding carboxylic acids is 1. The summed E-state index contributed by atoms with van der Waals surface area (Å²) in [5.74, 6) is 0.796. The van der Waals surface area contributed by atoms with E-state index in [1.165, 1.54) is 0 Å². The predicted molar refractivity (Wildman–Crippen MR) is 67.1 cm³/mol. The Labute approximate surface area is 99.6 Å². The summed E-state index contributed by atoms with van der Waals surface area (Å²) >= 11 is 0. The van der Waals surface area contributed by atoms with Crippen LogP contribution in [0, 0.1) is 11.8 Å². The van der Waals surface area contributed by atoms with Crippen molar-refractivity contribution >= 4 is 18.3 Å². The summed E-state index contributed by atoms with van der Waals surface area (Å²) < 4.78 is 0. The molecule has 3 nitrogen and oxygen atoms in total. The molecule has 0 heterocycles. The normalized spacial score (nSPS) is 14.3. The zero-order chi connectivity index (χ0) is 11.1. The fourth-order valence-corrected chi connectivity index (χ4v) is 1.32. The van der Waals surface area contributed by atoms with Crippen molar-refractivity contribution < 1.29 is 4.79 Å². The van der Waals surface area contributed by atoms with Crippen molar-refractivity contribution in [3.63, 3.8) is 0 Å². The van der Waals surface area contributed by atoms with Gasteiger partial charge in [-0.3, -0.25) is 4.79 Å². The maximum absolute atomic E-state index is 11.5. The van der Waals surface area contributed by atoms with Crippen molar-refractivity contribution in [2.45, 2.75) is 46.6 Å². The zero-order valence-electron chi connectivity index (χ0n) is 10.2. The Morgan fingerprint density at radius 3 is 2.20 bits per heavy atom. The van der Waals surface area contributed by atoms with Gasteiger partial charge >= 0.3 is 0 Å². The predicted octanol–water partition coefficient (Wildman–Crippen LogP) is 1.94. The molecule has 2 atom stereocenters. The molecule has 0 spiro atoms. The van der Waals surface area contributed by atoms with E-state index < -0.39 is 0 Å². The molecular weight excluding hydrogens is 212 g/mol. The Kier molecular flexibility index (Phi) is 10.3. The third kappa shape index (κ3) is 10.0. The molecule has 0 aliphatic rings. The van der Waals surface area contributed by atoms with E-state index in [0.29, 0.717) is 5.92 Å². The summed E-state index contributed by atoms with van der Waals surface area (Å²) in [5, 5.41) is 2.92. The van der Waals surface area contributed by atoms with Gasteiger partial charge < -0.3 is 11.1 Å². The van der Waals surface area contributed by atoms with E-state index in [9.17, 15) is 4.79 Å². The lowest BCUT2D eigenvalue weighted by Gasteiger charge is -2.14. The molecule has 2 unspecified atom stereocenters. The molecular formula is C11H25ClN2O. The van der Waals surface area contributed by atoms with E-state index in [4.69, 9.17) is 5.73 Å². The van der Waals surface area contributed by atoms with Gasteiger partial charge in [-0.25, -0.2) is 0 Å². The van der Waals surface area contributed by atoms with Crippen LogP contribution in [0.25, 0.3) is 0 Å². The van der Waals surface area contributed by atoms with Gasteiger partial charge in [0, 0.05) is 18.5 Å². The van der Waals surface area contributed by atoms with Crippen LogP contribution in [0.2, 0.25) is 0 Å². The minimum Gasteiger partial charge on any atom is -0.356 e. The van der Waals surface area contributed by atoms with Gasteiger partial charge in [0.05, 0.1) is 0 Å². The first-order valence-corrected chi connectivity index (χ1v) is 5.46. The standard InChI is InChI=1S/C11H24N2O.ClH/c1-8(2)5-6-13-11(14)9(3)7-10(4)12;/h8-10H,5-7,12H2,1-4H3,(H,13,14);1H. The van der Waals surface area contributed by atoms with Gasteiger partial charge in [-0.05, 0) is 25.7 Å². The quantitative estimate of drug-likeness (QED) is 0.741. The van der Waals surface area contributed by atoms with E-state index in [1.54, 1.807) is 0 Å². The van der Waals surface area contributed by atoms with Crippen LogP contribution in [0.5, 0.6) is 0 Å². The fourth-order valence-electron chi connectivity index (χ4n) is 1.32. The molecule has 0 aliphatic carbocycles. The molecule has 0 aromatic carbocycles. The van der Waals surface area contributed by atoms with Crippen molar-refractivity contribution in [1.82, 2.24) is 5.32 Å². The minimum absolute atomic E-state index is 0. The first kappa shape index (κ1) is 17.1. The topological polar surface area (TPSA) is 55.1 Å². The molecule has 0 aliphatic heterocycles. The minimum atomic E-state index is 0. The number of nitrogens with one attached hydrogen (secondary N) is 1. The van der Waals surface area contributed by atoms with Crippen molar-refractivity contribution in [1.29, 1.82) is 0 Å². The Balaban J connectivity index is 0. The SMILES string of the molecule is CC(C)CCNC(=O)C(C)CC(C)N.Cl. The van der Waals surface area contributed by atoms with Crippen LogP contribution in [0.15, 0.2) is 0 Å². The molecule has 0 bridgehead atoms. The number of nitrogens with two attached hydrogens (primary N) is 1. The summed E-state index contributed by atoms with van der Waals surface area (Å²) in [7, 11) is 0. The molecule has 0 saturated heterocycles. The van der Waals surface area contributed by atoms with Crippen molar-refractivity contribution in [2.75, 3.05) is 6.54 Å². The van der Waals surface area contributed by atoms with E-state index in [1.807, 2.05) is 13.8 Å². The average Bonchev–Trinajstić information content (AvgIpc) is 2.01. The third-order valence-electron chi connectivity index (χ3n) is 2.19. The molecule has 0 aromatic rings. The largest absolute Gasteiger partial charge is 0.356 e. The van der Waals surface area contributed by atoms with Gasteiger partial charge in [0.2, 0.25) is 5.91 Å². The monoisotopic (exact) mass is 236 g/mol. The molecule has 4 heteroatoms. The highest BCUT2D eigenvalue weighted by atomic mass is 35.5. The van der Waals surface area contributed by atoms with Gasteiger partial charge in [-0.2, -0.15) is 0 Å². The Morgan fingerprint density at radius 2 is 1.80 bits per heavy atom. The Morgan fingerprint density at radius 1 is 1.27 bits per heavy atom. The van der Waals surface area contributed by atoms with Crippen LogP contribution in [-0.4, -0.2) is 18.5 Å². The summed E-state index contributed by atoms with van der Waals surface area (Å²) in [6, 6.07) is 0.0980. The van der Waals surface area contributed by atoms with Crippen molar-refractivity contribution in [3.05, 3.63) is 0 Å². The Hall–Kier alpha value is -0.280. The van der Waals surface area contributed by atoms with E-state index in [-0.39, 0.29) is 30.3 Å². The van der Waals surface area contributed by atoms with Crippen LogP contribution in [-0.2, 0) is 4.79 Å². The third-order valence-corrected chi connectivity index (χ3v) is 2.19. The van der Waals surface area contributed by atoms with Crippen LogP contribution in [0.1, 0.15) is 40.5 Å². The lowest BCUT2D eigenvalue weighted by Crippen LogP contribution is -2.33. The number of rotatable bonds is 6. The second-order valence-electron chi connectivity index (χ2n) is 4.59. The smallest absolute Gasteiger partial charge is 0.222 e. The zero-order valence-corrected chi connectivity index (χ0v) is 11.1. The van der Waals surface area contributed by atoms with Crippen molar-refractivity contribution in [2.24, 2.45) is 17.6 Å². The molecule has 0 aromatic heterocycles. The van der Waals surface area contributed by atoms with E-state index in [2.05, 4.69) is 19.2 Å². The summed E-state index contributed by atoms with van der Waals surface area (Å²) in [6.45, 7) is 8.93. The number of carbonyl (C=O) groups is 1. The van der Waals surface area contributed by atoms with Gasteiger partial charge in [0.1, 0.15) is 0 Å². The second-order valence-corrected chi connectivity index (χ2v) is 4.59. The molecule has 0 fully saturated rings. The number of hydrogen-bond acceptors (Lipinski definition) is 2. The van der Waals surface area contributed by atoms with Crippen LogP contribution in [0.3, 0.4) is 0 Å². The number of halogens is 1. The van der Waals surface area contributed by atoms with Crippen LogP contribution < -0.4 is 11.1 Å². The molecule has 3 N–H and O–H groups in total. The molecule has 0 rings (SSSR count). The highest BCUT2D eigenvalue weighted by molar-refractivity contribution is 5.85. The first-order valence-electron chi connectivity index (χ1n) is 5.46. The van der Waals surface area contributed by atoms with Gasteiger partial charge in [-0.1, -0.05) is 20.8 Å². The molecule has 15 heavy (non-hydrogen) atoms. The van der Waals surface area contributed by atoms with Gasteiger partial charge in [-0.15, -0.1) is 12.4 Å². The molecule has 92 valence electrons. The number of hydrogen-bond donors (Lipinski definition) is 2. The molecule has 0 saturated carbocycles. The summed E-state index contributed by atoms with van der Waals surface area (Å²) in [6.07, 6.45) is 1.80. The summed E-state index contributed by atoms with van der Waals surface area (Å²) in [4.78, 5) is 11.5. The maximum atomic E-state index is 11.5. The van der Waals surface area contributed by atoms with Crippen LogP contribution >= 0.6 is 12.4 Å². The highest BCUT2D eigenvalue weighted by Crippen LogP contribution is 2.04. The lowest BCUT2D eigenvalue weighted by atomic mass is 10.0. The maximum Gasteiger partial charge on any atom is 0.222 e. The van der Waals surface area contributed by atoms with E-state index in [0.717, 1.165) is 19.4 Å². The average molecular weight is 237 g/mol. The lowest BCUT2D eigenvalue weighted by molar-refractivity contribution is -0.124. The van der Waals surface area contributed by atoms with Gasteiger partial charge in [0.15, 0.2) is 0 Å². The molecule has 1 amide bonds. The Bertz CT molecular complexity index is 172. The van der Waals surface area contributed by atoms with Gasteiger partial charge in [0.25, 0.3) is 0 Å². The van der Waals surface area contributed by atoms with Crippen molar-refractivity contribution in [3.8, 4) is 0 Å². The molecule has 0 radical (unpaired) electrons.